The molecule has 2 unspecified atom stereocenters. The zero-order valence-corrected chi connectivity index (χ0v) is 18.8. The second kappa shape index (κ2) is 12.0. The largest absolute Gasteiger partial charge is 0.495 e. The van der Waals surface area contributed by atoms with Gasteiger partial charge in [0, 0.05) is 52.3 Å². The number of para-hydroxylation sites is 2. The maximum Gasteiger partial charge on any atom is 0.193 e. The molecular formula is C23H38N4O3. The Hall–Kier alpha value is -1.99. The van der Waals surface area contributed by atoms with Crippen LogP contribution in [0, 0.1) is 11.8 Å². The van der Waals surface area contributed by atoms with Crippen LogP contribution in [0.2, 0.25) is 0 Å². The summed E-state index contributed by atoms with van der Waals surface area (Å²) < 4.78 is 16.3. The quantitative estimate of drug-likeness (QED) is 0.358. The second-order valence-corrected chi connectivity index (χ2v) is 8.14. The molecule has 1 N–H and O–H groups in total. The fourth-order valence-electron chi connectivity index (χ4n) is 4.29. The van der Waals surface area contributed by atoms with Crippen LogP contribution >= 0.6 is 0 Å². The molecule has 2 atom stereocenters. The lowest BCUT2D eigenvalue weighted by atomic mass is 10.1. The van der Waals surface area contributed by atoms with Gasteiger partial charge in [0.1, 0.15) is 5.75 Å². The van der Waals surface area contributed by atoms with Gasteiger partial charge in [-0.15, -0.1) is 0 Å². The molecule has 2 aliphatic rings. The number of methoxy groups -OCH3 is 2. The predicted molar refractivity (Wildman–Crippen MR) is 122 cm³/mol. The lowest BCUT2D eigenvalue weighted by Gasteiger charge is -2.23. The van der Waals surface area contributed by atoms with E-state index < -0.39 is 0 Å². The molecule has 0 amide bonds. The van der Waals surface area contributed by atoms with Crippen molar-refractivity contribution in [1.82, 2.24) is 10.2 Å². The third-order valence-electron chi connectivity index (χ3n) is 5.92. The van der Waals surface area contributed by atoms with Crippen LogP contribution in [-0.2, 0) is 9.47 Å². The molecule has 2 fully saturated rings. The zero-order valence-electron chi connectivity index (χ0n) is 18.8. The molecule has 30 heavy (non-hydrogen) atoms. The van der Waals surface area contributed by atoms with E-state index in [0.29, 0.717) is 25.0 Å². The number of nitrogens with zero attached hydrogens (tertiary/aromatic N) is 3. The van der Waals surface area contributed by atoms with Gasteiger partial charge in [-0.1, -0.05) is 12.1 Å². The van der Waals surface area contributed by atoms with E-state index in [1.807, 2.05) is 12.1 Å². The number of rotatable bonds is 10. The number of anilines is 1. The van der Waals surface area contributed by atoms with Crippen molar-refractivity contribution in [3.63, 3.8) is 0 Å². The van der Waals surface area contributed by atoms with Crippen molar-refractivity contribution in [3.05, 3.63) is 24.3 Å². The molecule has 2 saturated heterocycles. The van der Waals surface area contributed by atoms with Crippen LogP contribution in [0.1, 0.15) is 19.8 Å². The minimum Gasteiger partial charge on any atom is -0.495 e. The van der Waals surface area contributed by atoms with Crippen molar-refractivity contribution in [2.24, 2.45) is 16.8 Å². The number of aliphatic imine (C=N–C) groups is 1. The van der Waals surface area contributed by atoms with Gasteiger partial charge in [-0.05, 0) is 37.8 Å². The summed E-state index contributed by atoms with van der Waals surface area (Å²) in [6.45, 7) is 10.2. The Labute approximate surface area is 181 Å². The van der Waals surface area contributed by atoms with Crippen LogP contribution in [0.5, 0.6) is 5.75 Å². The Morgan fingerprint density at radius 1 is 1.10 bits per heavy atom. The Kier molecular flexibility index (Phi) is 9.08. The summed E-state index contributed by atoms with van der Waals surface area (Å²) in [5, 5.41) is 3.49. The highest BCUT2D eigenvalue weighted by Crippen LogP contribution is 2.32. The maximum atomic E-state index is 5.73. The fourth-order valence-corrected chi connectivity index (χ4v) is 4.29. The van der Waals surface area contributed by atoms with Gasteiger partial charge in [0.25, 0.3) is 0 Å². The van der Waals surface area contributed by atoms with Crippen molar-refractivity contribution >= 4 is 11.6 Å². The minimum absolute atomic E-state index is 0.568. The average Bonchev–Trinajstić information content (AvgIpc) is 3.44. The summed E-state index contributed by atoms with van der Waals surface area (Å²) in [4.78, 5) is 9.82. The molecular weight excluding hydrogens is 380 g/mol. The van der Waals surface area contributed by atoms with Gasteiger partial charge < -0.3 is 29.3 Å². The van der Waals surface area contributed by atoms with Gasteiger partial charge in [0.2, 0.25) is 0 Å². The predicted octanol–water partition coefficient (Wildman–Crippen LogP) is 2.47. The summed E-state index contributed by atoms with van der Waals surface area (Å²) in [5.41, 5.74) is 1.19. The highest BCUT2D eigenvalue weighted by Gasteiger charge is 2.27. The molecule has 0 radical (unpaired) electrons. The standard InChI is InChI=1S/C23H38N4O3/c1-4-24-23(27-12-10-20(17-27)18-30-14-13-28-2)25-15-19-9-11-26(16-19)21-7-5-6-8-22(21)29-3/h5-8,19-20H,4,9-18H2,1-3H3,(H,24,25). The van der Waals surface area contributed by atoms with Gasteiger partial charge in [-0.2, -0.15) is 0 Å². The lowest BCUT2D eigenvalue weighted by molar-refractivity contribution is 0.0536. The number of hydrogen-bond donors (Lipinski definition) is 1. The SMILES string of the molecule is CCNC(=NCC1CCN(c2ccccc2OC)C1)N1CCC(COCCOC)C1. The van der Waals surface area contributed by atoms with Crippen molar-refractivity contribution in [1.29, 1.82) is 0 Å². The summed E-state index contributed by atoms with van der Waals surface area (Å²) in [7, 11) is 3.45. The first kappa shape index (κ1) is 22.7. The molecule has 168 valence electrons. The van der Waals surface area contributed by atoms with E-state index in [2.05, 4.69) is 34.2 Å². The van der Waals surface area contributed by atoms with E-state index in [4.69, 9.17) is 19.2 Å². The highest BCUT2D eigenvalue weighted by molar-refractivity contribution is 5.80. The van der Waals surface area contributed by atoms with Crippen molar-refractivity contribution < 1.29 is 14.2 Å². The molecule has 0 saturated carbocycles. The van der Waals surface area contributed by atoms with Gasteiger partial charge in [-0.3, -0.25) is 4.99 Å². The van der Waals surface area contributed by atoms with Gasteiger partial charge >= 0.3 is 0 Å². The molecule has 3 rings (SSSR count). The van der Waals surface area contributed by atoms with Crippen LogP contribution in [-0.4, -0.2) is 84.2 Å². The first-order valence-corrected chi connectivity index (χ1v) is 11.2. The molecule has 2 aliphatic heterocycles. The Bertz CT molecular complexity index is 670. The number of ether oxygens (including phenoxy) is 3. The van der Waals surface area contributed by atoms with Crippen LogP contribution in [0.15, 0.2) is 29.3 Å². The summed E-state index contributed by atoms with van der Waals surface area (Å²) in [6, 6.07) is 8.28. The molecule has 7 heteroatoms. The van der Waals surface area contributed by atoms with Crippen LogP contribution < -0.4 is 15.0 Å². The number of benzene rings is 1. The normalized spacial score (nSPS) is 22.0. The molecule has 0 bridgehead atoms. The minimum atomic E-state index is 0.568. The molecule has 0 spiro atoms. The number of likely N-dealkylation sites (tertiary alicyclic amines) is 1. The van der Waals surface area contributed by atoms with E-state index in [1.54, 1.807) is 14.2 Å². The second-order valence-electron chi connectivity index (χ2n) is 8.14. The lowest BCUT2D eigenvalue weighted by Crippen LogP contribution is -2.40. The Morgan fingerprint density at radius 2 is 1.93 bits per heavy atom. The smallest absolute Gasteiger partial charge is 0.193 e. The van der Waals surface area contributed by atoms with E-state index in [1.165, 1.54) is 5.69 Å². The van der Waals surface area contributed by atoms with Crippen molar-refractivity contribution in [2.45, 2.75) is 19.8 Å². The first-order valence-electron chi connectivity index (χ1n) is 11.2. The maximum absolute atomic E-state index is 5.73. The molecule has 2 heterocycles. The highest BCUT2D eigenvalue weighted by atomic mass is 16.5. The van der Waals surface area contributed by atoms with Crippen molar-refractivity contribution in [2.75, 3.05) is 78.2 Å². The van der Waals surface area contributed by atoms with Gasteiger partial charge in [0.15, 0.2) is 5.96 Å². The third kappa shape index (κ3) is 6.25. The van der Waals surface area contributed by atoms with E-state index in [9.17, 15) is 0 Å². The average molecular weight is 419 g/mol. The summed E-state index contributed by atoms with van der Waals surface area (Å²) in [5.74, 6) is 3.14. The monoisotopic (exact) mass is 418 g/mol. The zero-order chi connectivity index (χ0) is 21.2. The Balaban J connectivity index is 1.50. The summed E-state index contributed by atoms with van der Waals surface area (Å²) >= 11 is 0. The van der Waals surface area contributed by atoms with Crippen LogP contribution in [0.25, 0.3) is 0 Å². The number of guanidine groups is 1. The third-order valence-corrected chi connectivity index (χ3v) is 5.92. The van der Waals surface area contributed by atoms with Crippen LogP contribution in [0.3, 0.4) is 0 Å². The number of hydrogen-bond acceptors (Lipinski definition) is 5. The molecule has 0 aliphatic carbocycles. The van der Waals surface area contributed by atoms with E-state index in [-0.39, 0.29) is 0 Å². The number of nitrogens with one attached hydrogen (secondary N) is 1. The van der Waals surface area contributed by atoms with E-state index >= 15 is 0 Å². The Morgan fingerprint density at radius 3 is 2.73 bits per heavy atom. The van der Waals surface area contributed by atoms with E-state index in [0.717, 1.165) is 70.4 Å². The van der Waals surface area contributed by atoms with Crippen LogP contribution in [0.4, 0.5) is 5.69 Å². The van der Waals surface area contributed by atoms with Gasteiger partial charge in [-0.25, -0.2) is 0 Å². The molecule has 1 aromatic carbocycles. The van der Waals surface area contributed by atoms with Crippen molar-refractivity contribution in [3.8, 4) is 5.75 Å². The molecule has 0 aromatic heterocycles. The molecule has 7 nitrogen and oxygen atoms in total. The topological polar surface area (TPSA) is 58.6 Å². The summed E-state index contributed by atoms with van der Waals surface area (Å²) in [6.07, 6.45) is 2.32. The fraction of sp³-hybridized carbons (Fsp3) is 0.696. The molecule has 1 aromatic rings. The first-order chi connectivity index (χ1) is 14.7. The van der Waals surface area contributed by atoms with Gasteiger partial charge in [0.05, 0.1) is 32.6 Å².